The maximum atomic E-state index is 9.76. The predicted octanol–water partition coefficient (Wildman–Crippen LogP) is 4.95. The molecule has 0 spiro atoms. The molecule has 4 aromatic rings. The third-order valence-corrected chi connectivity index (χ3v) is 5.91. The molecule has 1 aliphatic rings. The number of aliphatic hydroxyl groups excluding tert-OH is 1. The number of hydrogen-bond donors (Lipinski definition) is 1. The highest BCUT2D eigenvalue weighted by atomic mass is 16.5. The molecule has 5 heteroatoms. The minimum atomic E-state index is -0.210. The lowest BCUT2D eigenvalue weighted by atomic mass is 9.96. The van der Waals surface area contributed by atoms with Crippen LogP contribution in [0.2, 0.25) is 0 Å². The van der Waals surface area contributed by atoms with E-state index in [9.17, 15) is 5.11 Å². The van der Waals surface area contributed by atoms with Crippen molar-refractivity contribution >= 4 is 0 Å². The molecule has 5 nitrogen and oxygen atoms in total. The summed E-state index contributed by atoms with van der Waals surface area (Å²) in [5, 5.41) is 14.0. The van der Waals surface area contributed by atoms with E-state index in [0.717, 1.165) is 48.3 Å². The van der Waals surface area contributed by atoms with Crippen LogP contribution in [0.5, 0.6) is 0 Å². The molecule has 0 radical (unpaired) electrons. The van der Waals surface area contributed by atoms with Crippen molar-refractivity contribution in [1.82, 2.24) is 15.0 Å². The van der Waals surface area contributed by atoms with E-state index in [4.69, 9.17) is 9.51 Å². The van der Waals surface area contributed by atoms with Gasteiger partial charge in [-0.05, 0) is 47.7 Å². The van der Waals surface area contributed by atoms with Crippen molar-refractivity contribution in [1.29, 1.82) is 0 Å². The summed E-state index contributed by atoms with van der Waals surface area (Å²) in [5.74, 6) is 1.11. The Bertz CT molecular complexity index is 1190. The molecule has 0 aliphatic carbocycles. The first-order chi connectivity index (χ1) is 15.2. The third-order valence-electron chi connectivity index (χ3n) is 5.91. The van der Waals surface area contributed by atoms with Crippen molar-refractivity contribution in [2.75, 3.05) is 13.1 Å². The van der Waals surface area contributed by atoms with Gasteiger partial charge in [0.1, 0.15) is 0 Å². The number of aliphatic hydroxyl groups is 1. The molecule has 0 unspecified atom stereocenters. The second kappa shape index (κ2) is 8.46. The smallest absolute Gasteiger partial charge is 0.258 e. The molecule has 0 saturated carbocycles. The summed E-state index contributed by atoms with van der Waals surface area (Å²) in [6.45, 7) is 4.56. The molecule has 1 saturated heterocycles. The van der Waals surface area contributed by atoms with Gasteiger partial charge in [0, 0.05) is 30.8 Å². The minimum absolute atomic E-state index is 0.210. The molecule has 156 valence electrons. The summed E-state index contributed by atoms with van der Waals surface area (Å²) in [6.07, 6.45) is 0.632. The lowest BCUT2D eigenvalue weighted by Crippen LogP contribution is -2.21. The van der Waals surface area contributed by atoms with Crippen LogP contribution in [0.4, 0.5) is 0 Å². The molecule has 3 aromatic carbocycles. The number of benzene rings is 3. The number of hydrogen-bond acceptors (Lipinski definition) is 5. The fourth-order valence-corrected chi connectivity index (χ4v) is 4.27. The highest BCUT2D eigenvalue weighted by Gasteiger charge is 2.20. The fraction of sp³-hybridized carbons (Fsp3) is 0.231. The zero-order valence-electron chi connectivity index (χ0n) is 17.5. The summed E-state index contributed by atoms with van der Waals surface area (Å²) in [6, 6.07) is 24.7. The van der Waals surface area contributed by atoms with E-state index >= 15 is 0 Å². The highest BCUT2D eigenvalue weighted by Crippen LogP contribution is 2.32. The number of rotatable bonds is 5. The summed E-state index contributed by atoms with van der Waals surface area (Å²) >= 11 is 0. The van der Waals surface area contributed by atoms with Crippen LogP contribution in [0, 0.1) is 6.92 Å². The van der Waals surface area contributed by atoms with Crippen LogP contribution in [0.3, 0.4) is 0 Å². The molecule has 2 heterocycles. The summed E-state index contributed by atoms with van der Waals surface area (Å²) < 4.78 is 5.66. The number of β-amino-alcohol motifs (C(OH)–C–C–N with tert-alkyl or cyclic N) is 1. The zero-order chi connectivity index (χ0) is 21.2. The first-order valence-corrected chi connectivity index (χ1v) is 10.7. The summed E-state index contributed by atoms with van der Waals surface area (Å²) in [5.41, 5.74) is 6.51. The molecule has 1 aliphatic heterocycles. The van der Waals surface area contributed by atoms with E-state index in [-0.39, 0.29) is 6.10 Å². The Balaban J connectivity index is 1.42. The van der Waals surface area contributed by atoms with Crippen LogP contribution in [0.1, 0.15) is 17.5 Å². The molecule has 0 bridgehead atoms. The lowest BCUT2D eigenvalue weighted by molar-refractivity contribution is 0.175. The second-order valence-electron chi connectivity index (χ2n) is 8.15. The maximum Gasteiger partial charge on any atom is 0.258 e. The van der Waals surface area contributed by atoms with Crippen LogP contribution in [0.25, 0.3) is 34.0 Å². The van der Waals surface area contributed by atoms with Gasteiger partial charge in [-0.1, -0.05) is 65.8 Å². The predicted molar refractivity (Wildman–Crippen MR) is 121 cm³/mol. The molecular formula is C26H25N3O2. The topological polar surface area (TPSA) is 62.4 Å². The van der Waals surface area contributed by atoms with Crippen molar-refractivity contribution in [2.45, 2.75) is 26.0 Å². The van der Waals surface area contributed by atoms with Crippen LogP contribution >= 0.6 is 0 Å². The van der Waals surface area contributed by atoms with Crippen LogP contribution < -0.4 is 0 Å². The van der Waals surface area contributed by atoms with E-state index in [0.29, 0.717) is 11.7 Å². The van der Waals surface area contributed by atoms with E-state index in [1.54, 1.807) is 0 Å². The molecule has 0 amide bonds. The van der Waals surface area contributed by atoms with Crippen molar-refractivity contribution < 1.29 is 9.63 Å². The molecule has 1 N–H and O–H groups in total. The normalized spacial score (nSPS) is 16.6. The minimum Gasteiger partial charge on any atom is -0.392 e. The Hall–Kier alpha value is -3.28. The average molecular weight is 412 g/mol. The number of likely N-dealkylation sites (tertiary alicyclic amines) is 1. The SMILES string of the molecule is Cc1c(-c2ccccc2)cccc1-c1nc(-c2cccc(CN3CC[C@H](O)C3)c2)no1. The van der Waals surface area contributed by atoms with E-state index in [1.165, 1.54) is 11.1 Å². The number of nitrogens with zero attached hydrogens (tertiary/aromatic N) is 3. The fourth-order valence-electron chi connectivity index (χ4n) is 4.27. The van der Waals surface area contributed by atoms with E-state index in [2.05, 4.69) is 47.3 Å². The largest absolute Gasteiger partial charge is 0.392 e. The highest BCUT2D eigenvalue weighted by molar-refractivity contribution is 5.75. The Morgan fingerprint density at radius 2 is 1.74 bits per heavy atom. The zero-order valence-corrected chi connectivity index (χ0v) is 17.5. The first kappa shape index (κ1) is 19.7. The van der Waals surface area contributed by atoms with Gasteiger partial charge < -0.3 is 9.63 Å². The Morgan fingerprint density at radius 3 is 2.55 bits per heavy atom. The lowest BCUT2D eigenvalue weighted by Gasteiger charge is -2.15. The van der Waals surface area contributed by atoms with Gasteiger partial charge in [0.25, 0.3) is 5.89 Å². The van der Waals surface area contributed by atoms with Crippen molar-refractivity contribution in [3.05, 3.63) is 83.9 Å². The van der Waals surface area contributed by atoms with Gasteiger partial charge in [-0.15, -0.1) is 0 Å². The summed E-state index contributed by atoms with van der Waals surface area (Å²) in [7, 11) is 0. The van der Waals surface area contributed by atoms with Crippen LogP contribution in [0.15, 0.2) is 77.3 Å². The van der Waals surface area contributed by atoms with Crippen molar-refractivity contribution in [2.24, 2.45) is 0 Å². The molecule has 1 aromatic heterocycles. The van der Waals surface area contributed by atoms with Crippen LogP contribution in [-0.4, -0.2) is 39.3 Å². The Morgan fingerprint density at radius 1 is 0.968 bits per heavy atom. The van der Waals surface area contributed by atoms with E-state index < -0.39 is 0 Å². The molecule has 5 rings (SSSR count). The molecule has 1 atom stereocenters. The Labute approximate surface area is 182 Å². The van der Waals surface area contributed by atoms with Crippen molar-refractivity contribution in [3.8, 4) is 34.0 Å². The van der Waals surface area contributed by atoms with Gasteiger partial charge in [-0.3, -0.25) is 4.90 Å². The van der Waals surface area contributed by atoms with E-state index in [1.807, 2.05) is 42.5 Å². The van der Waals surface area contributed by atoms with Gasteiger partial charge in [-0.25, -0.2) is 0 Å². The Kier molecular flexibility index (Phi) is 5.37. The van der Waals surface area contributed by atoms with Gasteiger partial charge in [0.05, 0.1) is 6.10 Å². The van der Waals surface area contributed by atoms with Crippen molar-refractivity contribution in [3.63, 3.8) is 0 Å². The van der Waals surface area contributed by atoms with Gasteiger partial charge in [-0.2, -0.15) is 4.98 Å². The standard InChI is InChI=1S/C26H25N3O2/c1-18-23(20-8-3-2-4-9-20)11-6-12-24(18)26-27-25(28-31-26)21-10-5-7-19(15-21)16-29-14-13-22(30)17-29/h2-12,15,22,30H,13-14,16-17H2,1H3/t22-/m0/s1. The molecule has 1 fully saturated rings. The number of aromatic nitrogens is 2. The second-order valence-corrected chi connectivity index (χ2v) is 8.15. The first-order valence-electron chi connectivity index (χ1n) is 10.7. The van der Waals surface area contributed by atoms with Gasteiger partial charge in [0.15, 0.2) is 0 Å². The quantitative estimate of drug-likeness (QED) is 0.504. The van der Waals surface area contributed by atoms with Gasteiger partial charge in [0.2, 0.25) is 5.82 Å². The average Bonchev–Trinajstić information content (AvgIpc) is 3.44. The summed E-state index contributed by atoms with van der Waals surface area (Å²) in [4.78, 5) is 6.97. The van der Waals surface area contributed by atoms with Gasteiger partial charge >= 0.3 is 0 Å². The van der Waals surface area contributed by atoms with Crippen LogP contribution in [-0.2, 0) is 6.54 Å². The molecular weight excluding hydrogens is 386 g/mol. The third kappa shape index (κ3) is 4.15. The monoisotopic (exact) mass is 411 g/mol. The maximum absolute atomic E-state index is 9.76. The molecule has 31 heavy (non-hydrogen) atoms.